The maximum absolute atomic E-state index is 15.6. The van der Waals surface area contributed by atoms with Crippen molar-refractivity contribution >= 4 is 17.7 Å². The molecule has 10 nitrogen and oxygen atoms in total. The lowest BCUT2D eigenvalue weighted by atomic mass is 10.0. The lowest BCUT2D eigenvalue weighted by Gasteiger charge is -2.32. The Morgan fingerprint density at radius 3 is 2.63 bits per heavy atom. The van der Waals surface area contributed by atoms with Gasteiger partial charge in [-0.15, -0.1) is 0 Å². The summed E-state index contributed by atoms with van der Waals surface area (Å²) in [5.41, 5.74) is 1.98. The molecule has 0 unspecified atom stereocenters. The summed E-state index contributed by atoms with van der Waals surface area (Å²) in [6, 6.07) is 5.99. The van der Waals surface area contributed by atoms with E-state index in [0.29, 0.717) is 24.5 Å². The van der Waals surface area contributed by atoms with Crippen LogP contribution in [0.3, 0.4) is 0 Å². The van der Waals surface area contributed by atoms with Crippen molar-refractivity contribution in [2.75, 3.05) is 33.9 Å². The number of imidazole rings is 2. The highest BCUT2D eigenvalue weighted by atomic mass is 19.1. The van der Waals surface area contributed by atoms with E-state index in [1.807, 2.05) is 19.1 Å². The molecule has 1 aromatic carbocycles. The fourth-order valence-corrected chi connectivity index (χ4v) is 4.55. The summed E-state index contributed by atoms with van der Waals surface area (Å²) >= 11 is 0. The summed E-state index contributed by atoms with van der Waals surface area (Å²) in [4.78, 5) is 33.8. The predicted octanol–water partition coefficient (Wildman–Crippen LogP) is 3.57. The van der Waals surface area contributed by atoms with Gasteiger partial charge in [-0.2, -0.15) is 0 Å². The van der Waals surface area contributed by atoms with E-state index in [9.17, 15) is 9.59 Å². The molecule has 0 N–H and O–H groups in total. The van der Waals surface area contributed by atoms with Gasteiger partial charge in [0.2, 0.25) is 0 Å². The Kier molecular flexibility index (Phi) is 6.81. The summed E-state index contributed by atoms with van der Waals surface area (Å²) < 4.78 is 49.6. The van der Waals surface area contributed by atoms with Crippen molar-refractivity contribution in [2.24, 2.45) is 0 Å². The van der Waals surface area contributed by atoms with Gasteiger partial charge >= 0.3 is 12.1 Å². The Morgan fingerprint density at radius 1 is 1.16 bits per heavy atom. The van der Waals surface area contributed by atoms with Crippen molar-refractivity contribution in [2.45, 2.75) is 19.4 Å². The monoisotopic (exact) mass is 525 g/mol. The van der Waals surface area contributed by atoms with Crippen LogP contribution in [0.5, 0.6) is 0 Å². The number of pyridine rings is 1. The van der Waals surface area contributed by atoms with Gasteiger partial charge in [0.15, 0.2) is 5.69 Å². The van der Waals surface area contributed by atoms with Gasteiger partial charge in [-0.3, -0.25) is 0 Å². The molecule has 0 aliphatic carbocycles. The van der Waals surface area contributed by atoms with Crippen molar-refractivity contribution in [1.82, 2.24) is 23.8 Å². The van der Waals surface area contributed by atoms with E-state index in [1.54, 1.807) is 10.6 Å². The van der Waals surface area contributed by atoms with Gasteiger partial charge in [0.05, 0.1) is 56.1 Å². The van der Waals surface area contributed by atoms with Crippen molar-refractivity contribution in [3.63, 3.8) is 0 Å². The molecule has 0 saturated carbocycles. The maximum atomic E-state index is 15.6. The Hall–Kier alpha value is -4.32. The average Bonchev–Trinajstić information content (AvgIpc) is 3.53. The molecule has 3 aromatic heterocycles. The molecule has 1 aliphatic rings. The quantitative estimate of drug-likeness (QED) is 0.367. The normalized spacial score (nSPS) is 15.6. The van der Waals surface area contributed by atoms with Gasteiger partial charge in [-0.1, -0.05) is 0 Å². The van der Waals surface area contributed by atoms with E-state index >= 15 is 8.78 Å². The summed E-state index contributed by atoms with van der Waals surface area (Å²) in [5.74, 6) is -2.34. The van der Waals surface area contributed by atoms with Gasteiger partial charge in [-0.05, 0) is 36.8 Å². The number of hydrogen-bond acceptors (Lipinski definition) is 7. The van der Waals surface area contributed by atoms with E-state index in [0.717, 1.165) is 17.7 Å². The van der Waals surface area contributed by atoms with Crippen LogP contribution in [0.15, 0.2) is 43.0 Å². The number of aryl methyl sites for hydroxylation is 1. The van der Waals surface area contributed by atoms with E-state index in [-0.39, 0.29) is 35.6 Å². The van der Waals surface area contributed by atoms with Crippen molar-refractivity contribution in [3.8, 4) is 16.9 Å². The number of fused-ring (bicyclic) bond motifs is 1. The highest BCUT2D eigenvalue weighted by molar-refractivity contribution is 5.87. The number of amides is 1. The topological polar surface area (TPSA) is 100 Å². The zero-order chi connectivity index (χ0) is 27.0. The third-order valence-electron chi connectivity index (χ3n) is 6.41. The Labute approximate surface area is 216 Å². The number of carbonyl (C=O) groups is 2. The van der Waals surface area contributed by atoms with E-state index in [4.69, 9.17) is 9.47 Å². The number of ether oxygens (including phenoxy) is 3. The first-order valence-corrected chi connectivity index (χ1v) is 11.8. The van der Waals surface area contributed by atoms with Gasteiger partial charge in [0.25, 0.3) is 0 Å². The SMILES string of the molecule is COC(=O)c1cn(-c2cc(F)c(-c3nc4cc(C)ccn4c3C[C@H]3CN(C(=O)OC)CCO3)c(F)c2)cn1. The Morgan fingerprint density at radius 2 is 1.92 bits per heavy atom. The van der Waals surface area contributed by atoms with Crippen LogP contribution in [0.1, 0.15) is 21.7 Å². The minimum Gasteiger partial charge on any atom is -0.464 e. The van der Waals surface area contributed by atoms with Crippen LogP contribution in [0.25, 0.3) is 22.6 Å². The number of carbonyl (C=O) groups excluding carboxylic acids is 2. The van der Waals surface area contributed by atoms with Gasteiger partial charge in [0, 0.05) is 25.4 Å². The highest BCUT2D eigenvalue weighted by Crippen LogP contribution is 2.33. The first kappa shape index (κ1) is 25.3. The predicted molar refractivity (Wildman–Crippen MR) is 131 cm³/mol. The number of morpholine rings is 1. The zero-order valence-electron chi connectivity index (χ0n) is 21.0. The standard InChI is InChI=1S/C26H25F2N5O5/c1-15-4-5-33-21(11-17-12-31(6-7-38-17)26(35)37-3)24(30-22(33)8-15)23-18(27)9-16(10-19(23)28)32-13-20(29-14-32)25(34)36-2/h4-5,8-10,13-14,17H,6-7,11-12H2,1-3H3/t17-/m0/s1. The van der Waals surface area contributed by atoms with Crippen LogP contribution in [0.2, 0.25) is 0 Å². The number of aromatic nitrogens is 4. The molecule has 0 radical (unpaired) electrons. The molecular weight excluding hydrogens is 500 g/mol. The number of halogens is 2. The molecule has 0 spiro atoms. The number of nitrogens with zero attached hydrogens (tertiary/aromatic N) is 5. The molecule has 38 heavy (non-hydrogen) atoms. The number of hydrogen-bond donors (Lipinski definition) is 0. The smallest absolute Gasteiger partial charge is 0.409 e. The fraction of sp³-hybridized carbons (Fsp3) is 0.308. The molecule has 1 aliphatic heterocycles. The van der Waals surface area contributed by atoms with Crippen LogP contribution in [0, 0.1) is 18.6 Å². The van der Waals surface area contributed by atoms with E-state index in [2.05, 4.69) is 14.7 Å². The first-order chi connectivity index (χ1) is 18.3. The van der Waals surface area contributed by atoms with Gasteiger partial charge in [0.1, 0.15) is 23.6 Å². The summed E-state index contributed by atoms with van der Waals surface area (Å²) in [6.45, 7) is 2.86. The Bertz CT molecular complexity index is 1510. The minimum absolute atomic E-state index is 0.00359. The lowest BCUT2D eigenvalue weighted by Crippen LogP contribution is -2.46. The van der Waals surface area contributed by atoms with Crippen molar-refractivity contribution < 1.29 is 32.6 Å². The van der Waals surface area contributed by atoms with Crippen molar-refractivity contribution in [3.05, 3.63) is 71.6 Å². The van der Waals surface area contributed by atoms with Crippen LogP contribution in [0.4, 0.5) is 13.6 Å². The minimum atomic E-state index is -0.838. The third kappa shape index (κ3) is 4.70. The van der Waals surface area contributed by atoms with Crippen LogP contribution in [-0.4, -0.2) is 75.9 Å². The van der Waals surface area contributed by atoms with Gasteiger partial charge < -0.3 is 28.1 Å². The Balaban J connectivity index is 1.55. The number of methoxy groups -OCH3 is 2. The molecule has 1 amide bonds. The summed E-state index contributed by atoms with van der Waals surface area (Å²) in [5, 5.41) is 0. The molecular formula is C26H25F2N5O5. The van der Waals surface area contributed by atoms with Crippen molar-refractivity contribution in [1.29, 1.82) is 0 Å². The third-order valence-corrected chi connectivity index (χ3v) is 6.41. The molecule has 1 atom stereocenters. The molecule has 0 bridgehead atoms. The number of esters is 1. The first-order valence-electron chi connectivity index (χ1n) is 11.8. The molecule has 1 fully saturated rings. The molecule has 198 valence electrons. The lowest BCUT2D eigenvalue weighted by molar-refractivity contribution is -0.0241. The molecule has 12 heteroatoms. The van der Waals surface area contributed by atoms with Gasteiger partial charge in [-0.25, -0.2) is 28.3 Å². The summed E-state index contributed by atoms with van der Waals surface area (Å²) in [7, 11) is 2.53. The van der Waals surface area contributed by atoms with Crippen LogP contribution in [-0.2, 0) is 20.6 Å². The van der Waals surface area contributed by atoms with Crippen LogP contribution < -0.4 is 0 Å². The molecule has 5 rings (SSSR count). The second-order valence-corrected chi connectivity index (χ2v) is 8.89. The number of benzene rings is 1. The maximum Gasteiger partial charge on any atom is 0.409 e. The van der Waals surface area contributed by atoms with E-state index < -0.39 is 29.8 Å². The zero-order valence-corrected chi connectivity index (χ0v) is 21.0. The van der Waals surface area contributed by atoms with Crippen LogP contribution >= 0.6 is 0 Å². The largest absolute Gasteiger partial charge is 0.464 e. The highest BCUT2D eigenvalue weighted by Gasteiger charge is 2.29. The molecule has 4 aromatic rings. The summed E-state index contributed by atoms with van der Waals surface area (Å²) in [6.07, 6.45) is 3.74. The fourth-order valence-electron chi connectivity index (χ4n) is 4.55. The second-order valence-electron chi connectivity index (χ2n) is 8.89. The van der Waals surface area contributed by atoms with E-state index in [1.165, 1.54) is 36.2 Å². The second kappa shape index (κ2) is 10.2. The molecule has 1 saturated heterocycles. The number of rotatable bonds is 5. The average molecular weight is 526 g/mol. The molecule has 4 heterocycles.